The van der Waals surface area contributed by atoms with Gasteiger partial charge >= 0.3 is 0 Å². The fourth-order valence-corrected chi connectivity index (χ4v) is 2.73. The van der Waals surface area contributed by atoms with Crippen LogP contribution in [0.5, 0.6) is 0 Å². The number of ether oxygens (including phenoxy) is 1. The molecule has 0 heterocycles. The van der Waals surface area contributed by atoms with E-state index >= 15 is 0 Å². The molecule has 7 heteroatoms. The van der Waals surface area contributed by atoms with Crippen molar-refractivity contribution in [1.29, 1.82) is 0 Å². The molecule has 1 atom stereocenters. The zero-order valence-corrected chi connectivity index (χ0v) is 13.0. The molecule has 114 valence electrons. The number of nitrogens with zero attached hydrogens (tertiary/aromatic N) is 1. The summed E-state index contributed by atoms with van der Waals surface area (Å²) in [7, 11) is -1.78. The Hall–Kier alpha value is -0.210. The van der Waals surface area contributed by atoms with Crippen molar-refractivity contribution in [2.45, 2.75) is 45.3 Å². The van der Waals surface area contributed by atoms with Gasteiger partial charge in [0.05, 0.1) is 6.10 Å². The molecule has 1 unspecified atom stereocenters. The number of hydrogen-bond donors (Lipinski definition) is 2. The first-order chi connectivity index (χ1) is 8.95. The molecule has 1 aliphatic carbocycles. The fourth-order valence-electron chi connectivity index (χ4n) is 1.69. The maximum absolute atomic E-state index is 11.9. The summed E-state index contributed by atoms with van der Waals surface area (Å²) >= 11 is 0. The molecule has 0 aliphatic heterocycles. The van der Waals surface area contributed by atoms with Crippen LogP contribution >= 0.6 is 0 Å². The SMILES string of the molecule is CCOC(C)CNS(=O)(=O)N(C)CCCNC1CC1. The molecule has 0 aromatic heterocycles. The van der Waals surface area contributed by atoms with Crippen LogP contribution in [0.2, 0.25) is 0 Å². The lowest BCUT2D eigenvalue weighted by Crippen LogP contribution is -2.42. The summed E-state index contributed by atoms with van der Waals surface area (Å²) in [4.78, 5) is 0. The van der Waals surface area contributed by atoms with Crippen molar-refractivity contribution in [1.82, 2.24) is 14.3 Å². The van der Waals surface area contributed by atoms with Gasteiger partial charge in [0, 0.05) is 32.8 Å². The Bertz CT molecular complexity index is 344. The number of hydrogen-bond acceptors (Lipinski definition) is 4. The van der Waals surface area contributed by atoms with E-state index in [0.29, 0.717) is 25.7 Å². The molecular formula is C12H27N3O3S. The highest BCUT2D eigenvalue weighted by Crippen LogP contribution is 2.18. The van der Waals surface area contributed by atoms with Gasteiger partial charge in [0.25, 0.3) is 10.2 Å². The van der Waals surface area contributed by atoms with E-state index in [1.54, 1.807) is 7.05 Å². The molecule has 0 saturated heterocycles. The maximum Gasteiger partial charge on any atom is 0.279 e. The second-order valence-corrected chi connectivity index (χ2v) is 6.89. The Morgan fingerprint density at radius 3 is 2.68 bits per heavy atom. The molecule has 1 rings (SSSR count). The average Bonchev–Trinajstić information content (AvgIpc) is 3.16. The topological polar surface area (TPSA) is 70.7 Å². The van der Waals surface area contributed by atoms with E-state index in [-0.39, 0.29) is 6.10 Å². The lowest BCUT2D eigenvalue weighted by atomic mass is 10.4. The van der Waals surface area contributed by atoms with Crippen LogP contribution in [0.4, 0.5) is 0 Å². The first-order valence-electron chi connectivity index (χ1n) is 7.01. The van der Waals surface area contributed by atoms with Gasteiger partial charge in [-0.2, -0.15) is 17.4 Å². The smallest absolute Gasteiger partial charge is 0.279 e. The van der Waals surface area contributed by atoms with Gasteiger partial charge < -0.3 is 10.1 Å². The van der Waals surface area contributed by atoms with E-state index < -0.39 is 10.2 Å². The van der Waals surface area contributed by atoms with E-state index in [1.165, 1.54) is 17.1 Å². The Balaban J connectivity index is 2.17. The van der Waals surface area contributed by atoms with Crippen LogP contribution in [0.3, 0.4) is 0 Å². The predicted molar refractivity (Wildman–Crippen MR) is 76.3 cm³/mol. The van der Waals surface area contributed by atoms with Gasteiger partial charge in [-0.1, -0.05) is 0 Å². The van der Waals surface area contributed by atoms with Gasteiger partial charge in [0.1, 0.15) is 0 Å². The zero-order chi connectivity index (χ0) is 14.3. The first-order valence-corrected chi connectivity index (χ1v) is 8.45. The van der Waals surface area contributed by atoms with E-state index in [2.05, 4.69) is 10.0 Å². The standard InChI is InChI=1S/C12H27N3O3S/c1-4-18-11(2)10-14-19(16,17)15(3)9-5-8-13-12-6-7-12/h11-14H,4-10H2,1-3H3. The Morgan fingerprint density at radius 2 is 2.11 bits per heavy atom. The predicted octanol–water partition coefficient (Wildman–Crippen LogP) is 0.320. The molecule has 0 aromatic carbocycles. The van der Waals surface area contributed by atoms with E-state index in [1.807, 2.05) is 13.8 Å². The van der Waals surface area contributed by atoms with Crippen molar-refractivity contribution >= 4 is 10.2 Å². The highest BCUT2D eigenvalue weighted by atomic mass is 32.2. The molecule has 1 aliphatic rings. The average molecular weight is 293 g/mol. The summed E-state index contributed by atoms with van der Waals surface area (Å²) in [6, 6.07) is 0.673. The second kappa shape index (κ2) is 8.16. The van der Waals surface area contributed by atoms with Crippen LogP contribution in [-0.2, 0) is 14.9 Å². The minimum atomic E-state index is -3.38. The molecule has 0 aromatic rings. The van der Waals surface area contributed by atoms with Crippen LogP contribution < -0.4 is 10.0 Å². The normalized spacial score (nSPS) is 17.9. The van der Waals surface area contributed by atoms with Gasteiger partial charge in [0.15, 0.2) is 0 Å². The summed E-state index contributed by atoms with van der Waals surface area (Å²) in [5, 5.41) is 3.37. The van der Waals surface area contributed by atoms with E-state index in [9.17, 15) is 8.42 Å². The van der Waals surface area contributed by atoms with Crippen molar-refractivity contribution in [2.75, 3.05) is 33.3 Å². The third-order valence-electron chi connectivity index (χ3n) is 3.07. The minimum absolute atomic E-state index is 0.107. The van der Waals surface area contributed by atoms with Crippen LogP contribution in [0.1, 0.15) is 33.1 Å². The lowest BCUT2D eigenvalue weighted by molar-refractivity contribution is 0.0797. The molecule has 0 radical (unpaired) electrons. The van der Waals surface area contributed by atoms with Gasteiger partial charge in [-0.25, -0.2) is 0 Å². The Morgan fingerprint density at radius 1 is 1.42 bits per heavy atom. The number of rotatable bonds is 11. The third-order valence-corrected chi connectivity index (χ3v) is 4.61. The van der Waals surface area contributed by atoms with Crippen LogP contribution in [-0.4, -0.2) is 58.2 Å². The maximum atomic E-state index is 11.9. The molecule has 6 nitrogen and oxygen atoms in total. The van der Waals surface area contributed by atoms with Crippen molar-refractivity contribution in [3.05, 3.63) is 0 Å². The molecule has 0 spiro atoms. The second-order valence-electron chi connectivity index (χ2n) is 5.02. The summed E-state index contributed by atoms with van der Waals surface area (Å²) in [5.41, 5.74) is 0. The van der Waals surface area contributed by atoms with Gasteiger partial charge in [-0.15, -0.1) is 0 Å². The molecule has 0 bridgehead atoms. The van der Waals surface area contributed by atoms with E-state index in [0.717, 1.165) is 13.0 Å². The molecule has 1 fully saturated rings. The van der Waals surface area contributed by atoms with Crippen molar-refractivity contribution in [3.8, 4) is 0 Å². The van der Waals surface area contributed by atoms with Crippen molar-refractivity contribution < 1.29 is 13.2 Å². The first kappa shape index (κ1) is 16.8. The van der Waals surface area contributed by atoms with Crippen molar-refractivity contribution in [3.63, 3.8) is 0 Å². The highest BCUT2D eigenvalue weighted by molar-refractivity contribution is 7.87. The molecule has 0 amide bonds. The quantitative estimate of drug-likeness (QED) is 0.538. The molecular weight excluding hydrogens is 266 g/mol. The lowest BCUT2D eigenvalue weighted by Gasteiger charge is -2.19. The molecule has 2 N–H and O–H groups in total. The summed E-state index contributed by atoms with van der Waals surface area (Å²) in [5.74, 6) is 0. The Labute approximate surface area is 117 Å². The van der Waals surface area contributed by atoms with Crippen LogP contribution in [0, 0.1) is 0 Å². The van der Waals surface area contributed by atoms with Gasteiger partial charge in [0.2, 0.25) is 0 Å². The van der Waals surface area contributed by atoms with Crippen molar-refractivity contribution in [2.24, 2.45) is 0 Å². The molecule has 1 saturated carbocycles. The summed E-state index contributed by atoms with van der Waals surface area (Å²) in [6.45, 7) is 6.04. The largest absolute Gasteiger partial charge is 0.377 e. The summed E-state index contributed by atoms with van der Waals surface area (Å²) < 4.78 is 33.0. The minimum Gasteiger partial charge on any atom is -0.377 e. The fraction of sp³-hybridized carbons (Fsp3) is 1.00. The third kappa shape index (κ3) is 7.22. The van der Waals surface area contributed by atoms with E-state index in [4.69, 9.17) is 4.74 Å². The van der Waals surface area contributed by atoms with Crippen LogP contribution in [0.25, 0.3) is 0 Å². The Kier molecular flexibility index (Phi) is 7.23. The van der Waals surface area contributed by atoms with Gasteiger partial charge in [-0.3, -0.25) is 0 Å². The number of nitrogens with one attached hydrogen (secondary N) is 2. The summed E-state index contributed by atoms with van der Waals surface area (Å²) in [6.07, 6.45) is 3.23. The van der Waals surface area contributed by atoms with Crippen LogP contribution in [0.15, 0.2) is 0 Å². The molecule has 19 heavy (non-hydrogen) atoms. The highest BCUT2D eigenvalue weighted by Gasteiger charge is 2.21. The van der Waals surface area contributed by atoms with Gasteiger partial charge in [-0.05, 0) is 39.7 Å². The monoisotopic (exact) mass is 293 g/mol. The zero-order valence-electron chi connectivity index (χ0n) is 12.2.